The number of nitrogens with one attached hydrogen (secondary N) is 2. The molecule has 1 aromatic carbocycles. The highest BCUT2D eigenvalue weighted by atomic mass is 35.5. The first-order chi connectivity index (χ1) is 14.5. The summed E-state index contributed by atoms with van der Waals surface area (Å²) in [5.74, 6) is 0.207. The fraction of sp³-hybridized carbons (Fsp3) is 0.200. The van der Waals surface area contributed by atoms with Crippen molar-refractivity contribution < 1.29 is 19.1 Å². The molecular weight excluding hydrogens is 410 g/mol. The third-order valence-corrected chi connectivity index (χ3v) is 4.86. The number of aromatic amines is 1. The number of rotatable bonds is 6. The van der Waals surface area contributed by atoms with Gasteiger partial charge in [-0.2, -0.15) is 0 Å². The molecule has 2 aromatic heterocycles. The van der Waals surface area contributed by atoms with Crippen LogP contribution in [-0.4, -0.2) is 47.0 Å². The summed E-state index contributed by atoms with van der Waals surface area (Å²) in [5.41, 5.74) is 8.58. The Kier molecular flexibility index (Phi) is 5.28. The minimum atomic E-state index is -0.629. The number of hydrogen-bond donors (Lipinski definition) is 3. The molecule has 4 N–H and O–H groups in total. The maximum absolute atomic E-state index is 12.0. The van der Waals surface area contributed by atoms with E-state index >= 15 is 0 Å². The Hall–Kier alpha value is -3.59. The number of fused-ring (bicyclic) bond motifs is 1. The summed E-state index contributed by atoms with van der Waals surface area (Å²) in [6.45, 7) is 0.274. The smallest absolute Gasteiger partial charge is 0.255 e. The highest BCUT2D eigenvalue weighted by molar-refractivity contribution is 6.32. The Morgan fingerprint density at radius 1 is 1.33 bits per heavy atom. The lowest BCUT2D eigenvalue weighted by Crippen LogP contribution is -2.31. The van der Waals surface area contributed by atoms with Crippen LogP contribution in [0.2, 0.25) is 5.02 Å². The van der Waals surface area contributed by atoms with E-state index in [9.17, 15) is 9.59 Å². The van der Waals surface area contributed by atoms with Gasteiger partial charge in [-0.25, -0.2) is 9.97 Å². The van der Waals surface area contributed by atoms with E-state index in [0.717, 1.165) is 17.8 Å². The Bertz CT molecular complexity index is 1140. The minimum absolute atomic E-state index is 0.101. The van der Waals surface area contributed by atoms with Gasteiger partial charge >= 0.3 is 0 Å². The first-order valence-corrected chi connectivity index (χ1v) is 9.46. The molecule has 0 spiro atoms. The maximum atomic E-state index is 12.0. The molecule has 0 atom stereocenters. The average molecular weight is 428 g/mol. The third kappa shape index (κ3) is 3.79. The van der Waals surface area contributed by atoms with Gasteiger partial charge in [-0.3, -0.25) is 9.59 Å². The number of amides is 2. The molecule has 2 amide bonds. The van der Waals surface area contributed by atoms with Gasteiger partial charge in [0.05, 0.1) is 29.1 Å². The molecule has 154 valence electrons. The summed E-state index contributed by atoms with van der Waals surface area (Å²) >= 11 is 6.32. The number of ether oxygens (including phenoxy) is 2. The number of carbonyl (C=O) groups excluding carboxylic acids is 2. The normalized spacial score (nSPS) is 12.8. The van der Waals surface area contributed by atoms with Crippen LogP contribution in [-0.2, 0) is 11.2 Å². The number of hydrogen-bond acceptors (Lipinski definition) is 6. The zero-order valence-electron chi connectivity index (χ0n) is 16.0. The Labute approximate surface area is 176 Å². The molecule has 3 heterocycles. The monoisotopic (exact) mass is 427 g/mol. The van der Waals surface area contributed by atoms with Crippen LogP contribution >= 0.6 is 11.6 Å². The predicted octanol–water partition coefficient (Wildman–Crippen LogP) is 1.95. The molecule has 0 bridgehead atoms. The molecule has 10 heteroatoms. The first kappa shape index (κ1) is 19.7. The second-order valence-corrected chi connectivity index (χ2v) is 7.00. The summed E-state index contributed by atoms with van der Waals surface area (Å²) in [6.07, 6.45) is 2.36. The molecule has 1 aliphatic heterocycles. The average Bonchev–Trinajstić information content (AvgIpc) is 3.18. The van der Waals surface area contributed by atoms with Crippen LogP contribution in [0.25, 0.3) is 22.8 Å². The Morgan fingerprint density at radius 3 is 2.90 bits per heavy atom. The molecule has 1 aliphatic rings. The second kappa shape index (κ2) is 8.03. The predicted molar refractivity (Wildman–Crippen MR) is 110 cm³/mol. The molecule has 0 radical (unpaired) electrons. The van der Waals surface area contributed by atoms with E-state index in [-0.39, 0.29) is 23.3 Å². The van der Waals surface area contributed by atoms with Crippen molar-refractivity contribution in [1.82, 2.24) is 20.3 Å². The zero-order valence-corrected chi connectivity index (χ0v) is 16.7. The number of methoxy groups -OCH3 is 1. The fourth-order valence-corrected chi connectivity index (χ4v) is 3.48. The fourth-order valence-electron chi connectivity index (χ4n) is 3.21. The number of carbonyl (C=O) groups is 2. The van der Waals surface area contributed by atoms with Crippen LogP contribution in [0.1, 0.15) is 16.1 Å². The van der Waals surface area contributed by atoms with Crippen molar-refractivity contribution in [2.45, 2.75) is 6.42 Å². The van der Waals surface area contributed by atoms with E-state index in [1.807, 2.05) is 0 Å². The Morgan fingerprint density at radius 2 is 2.17 bits per heavy atom. The van der Waals surface area contributed by atoms with Gasteiger partial charge in [0.2, 0.25) is 0 Å². The van der Waals surface area contributed by atoms with Gasteiger partial charge in [0.25, 0.3) is 11.8 Å². The lowest BCUT2D eigenvalue weighted by Gasteiger charge is -2.13. The molecule has 0 unspecified atom stereocenters. The van der Waals surface area contributed by atoms with Gasteiger partial charge in [0, 0.05) is 30.4 Å². The molecule has 0 saturated heterocycles. The lowest BCUT2D eigenvalue weighted by atomic mass is 10.1. The van der Waals surface area contributed by atoms with Crippen LogP contribution in [0.15, 0.2) is 30.5 Å². The highest BCUT2D eigenvalue weighted by Gasteiger charge is 2.21. The van der Waals surface area contributed by atoms with Gasteiger partial charge in [0.1, 0.15) is 0 Å². The van der Waals surface area contributed by atoms with Crippen LogP contribution in [0.3, 0.4) is 0 Å². The first-order valence-electron chi connectivity index (χ1n) is 9.08. The molecule has 3 aromatic rings. The number of benzene rings is 1. The van der Waals surface area contributed by atoms with Gasteiger partial charge in [-0.1, -0.05) is 11.6 Å². The molecule has 0 saturated carbocycles. The van der Waals surface area contributed by atoms with Crippen molar-refractivity contribution in [3.05, 3.63) is 46.7 Å². The quantitative estimate of drug-likeness (QED) is 0.550. The summed E-state index contributed by atoms with van der Waals surface area (Å²) < 4.78 is 10.7. The molecule has 4 rings (SSSR count). The third-order valence-electron chi connectivity index (χ3n) is 4.58. The number of nitrogens with zero attached hydrogens (tertiary/aromatic N) is 2. The SMILES string of the molecule is COc1cc(-c2nccc(-c3cc4c([nH]3)CCNC4=O)n2)cc(Cl)c1OCC(N)=O. The number of nitrogens with two attached hydrogens (primary N) is 1. The number of aromatic nitrogens is 3. The Balaban J connectivity index is 1.70. The van der Waals surface area contributed by atoms with E-state index in [4.69, 9.17) is 26.8 Å². The summed E-state index contributed by atoms with van der Waals surface area (Å²) in [5, 5.41) is 3.05. The minimum Gasteiger partial charge on any atom is -0.493 e. The molecular formula is C20H18ClN5O4. The van der Waals surface area contributed by atoms with Crippen LogP contribution in [0.5, 0.6) is 11.5 Å². The van der Waals surface area contributed by atoms with Crippen molar-refractivity contribution in [2.75, 3.05) is 20.3 Å². The maximum Gasteiger partial charge on any atom is 0.255 e. The van der Waals surface area contributed by atoms with Gasteiger partial charge in [-0.15, -0.1) is 0 Å². The van der Waals surface area contributed by atoms with E-state index in [1.165, 1.54) is 7.11 Å². The topological polar surface area (TPSA) is 132 Å². The number of H-pyrrole nitrogens is 1. The number of halogens is 1. The summed E-state index contributed by atoms with van der Waals surface area (Å²) in [7, 11) is 1.46. The van der Waals surface area contributed by atoms with Gasteiger partial charge in [0.15, 0.2) is 23.9 Å². The van der Waals surface area contributed by atoms with Crippen LogP contribution in [0, 0.1) is 0 Å². The van der Waals surface area contributed by atoms with Crippen molar-refractivity contribution in [1.29, 1.82) is 0 Å². The molecule has 30 heavy (non-hydrogen) atoms. The molecule has 0 fully saturated rings. The van der Waals surface area contributed by atoms with E-state index in [2.05, 4.69) is 20.3 Å². The van der Waals surface area contributed by atoms with Gasteiger partial charge in [-0.05, 0) is 24.3 Å². The zero-order chi connectivity index (χ0) is 21.3. The summed E-state index contributed by atoms with van der Waals surface area (Å²) in [6, 6.07) is 6.81. The largest absolute Gasteiger partial charge is 0.493 e. The van der Waals surface area contributed by atoms with E-state index < -0.39 is 5.91 Å². The van der Waals surface area contributed by atoms with Crippen LogP contribution < -0.4 is 20.5 Å². The molecule has 9 nitrogen and oxygen atoms in total. The second-order valence-electron chi connectivity index (χ2n) is 6.59. The van der Waals surface area contributed by atoms with E-state index in [0.29, 0.717) is 34.9 Å². The van der Waals surface area contributed by atoms with Crippen molar-refractivity contribution in [3.63, 3.8) is 0 Å². The van der Waals surface area contributed by atoms with E-state index in [1.54, 1.807) is 30.5 Å². The standard InChI is InChI=1S/C20H18ClN5O4/c1-29-16-7-10(6-12(21)18(16)30-9-17(22)27)19-23-4-3-14(26-19)15-8-11-13(25-15)2-5-24-20(11)28/h3-4,6-8,25H,2,5,9H2,1H3,(H2,22,27)(H,24,28). The van der Waals surface area contributed by atoms with Crippen LogP contribution in [0.4, 0.5) is 0 Å². The van der Waals surface area contributed by atoms with Crippen molar-refractivity contribution in [3.8, 4) is 34.3 Å². The highest BCUT2D eigenvalue weighted by Crippen LogP contribution is 2.39. The van der Waals surface area contributed by atoms with Gasteiger partial charge < -0.3 is 25.5 Å². The van der Waals surface area contributed by atoms with Crippen molar-refractivity contribution >= 4 is 23.4 Å². The van der Waals surface area contributed by atoms with Crippen molar-refractivity contribution in [2.24, 2.45) is 5.73 Å². The summed E-state index contributed by atoms with van der Waals surface area (Å²) in [4.78, 5) is 35.2. The number of primary amides is 1. The lowest BCUT2D eigenvalue weighted by molar-refractivity contribution is -0.119. The molecule has 0 aliphatic carbocycles.